The largest absolute Gasteiger partial charge is 0.370 e. The van der Waals surface area contributed by atoms with E-state index in [1.165, 1.54) is 17.7 Å². The van der Waals surface area contributed by atoms with Crippen LogP contribution in [0.1, 0.15) is 12.8 Å². The minimum Gasteiger partial charge on any atom is -0.370 e. The van der Waals surface area contributed by atoms with Crippen LogP contribution in [0.5, 0.6) is 0 Å². The van der Waals surface area contributed by atoms with Crippen LogP contribution in [0.15, 0.2) is 4.99 Å². The number of carbonyl (C=O) groups is 1. The average molecular weight is 213 g/mol. The van der Waals surface area contributed by atoms with Crippen LogP contribution in [0.2, 0.25) is 0 Å². The summed E-state index contributed by atoms with van der Waals surface area (Å²) in [4.78, 5) is 16.7. The number of hydrogen-bond donors (Lipinski definition) is 3. The second-order valence-corrected chi connectivity index (χ2v) is 3.81. The highest BCUT2D eigenvalue weighted by atomic mass is 16.2. The maximum Gasteiger partial charge on any atom is 0.316 e. The summed E-state index contributed by atoms with van der Waals surface area (Å²) in [5, 5.41) is 5.77. The Kier molecular flexibility index (Phi) is 4.20. The van der Waals surface area contributed by atoms with Gasteiger partial charge in [-0.2, -0.15) is 0 Å². The number of amides is 2. The van der Waals surface area contributed by atoms with E-state index in [9.17, 15) is 4.79 Å². The predicted octanol–water partition coefficient (Wildman–Crippen LogP) is -0.676. The van der Waals surface area contributed by atoms with Gasteiger partial charge in [-0.3, -0.25) is 4.99 Å². The summed E-state index contributed by atoms with van der Waals surface area (Å²) in [7, 11) is 3.39. The van der Waals surface area contributed by atoms with Crippen LogP contribution in [0.3, 0.4) is 0 Å². The number of nitrogens with zero attached hydrogens (tertiary/aromatic N) is 2. The Morgan fingerprint density at radius 1 is 1.53 bits per heavy atom. The number of aliphatic imine (C=N–C) groups is 1. The van der Waals surface area contributed by atoms with Crippen LogP contribution < -0.4 is 16.4 Å². The molecule has 0 spiro atoms. The summed E-state index contributed by atoms with van der Waals surface area (Å²) in [5.74, 6) is 0.469. The van der Waals surface area contributed by atoms with Crippen molar-refractivity contribution in [2.45, 2.75) is 18.9 Å². The standard InChI is InChI=1S/C9H19N5O/c1-14(2)9(15)12-6-5-11-8(10)13-7-3-4-7/h7H,3-6H2,1-2H3,(H,12,15)(H3,10,11,13). The Labute approximate surface area is 89.9 Å². The first-order chi connectivity index (χ1) is 7.09. The Bertz CT molecular complexity index is 247. The molecule has 86 valence electrons. The van der Waals surface area contributed by atoms with Crippen LogP contribution in [0.25, 0.3) is 0 Å². The first-order valence-corrected chi connectivity index (χ1v) is 5.11. The number of hydrogen-bond acceptors (Lipinski definition) is 2. The van der Waals surface area contributed by atoms with Crippen LogP contribution in [-0.2, 0) is 0 Å². The van der Waals surface area contributed by atoms with Gasteiger partial charge in [-0.25, -0.2) is 4.79 Å². The fraction of sp³-hybridized carbons (Fsp3) is 0.778. The summed E-state index contributed by atoms with van der Waals surface area (Å²) in [6.07, 6.45) is 2.35. The lowest BCUT2D eigenvalue weighted by Crippen LogP contribution is -2.37. The molecule has 6 heteroatoms. The highest BCUT2D eigenvalue weighted by Crippen LogP contribution is 2.17. The highest BCUT2D eigenvalue weighted by Gasteiger charge is 2.21. The Morgan fingerprint density at radius 3 is 2.73 bits per heavy atom. The van der Waals surface area contributed by atoms with Crippen molar-refractivity contribution < 1.29 is 4.79 Å². The Morgan fingerprint density at radius 2 is 2.20 bits per heavy atom. The molecule has 0 aromatic rings. The van der Waals surface area contributed by atoms with Crippen molar-refractivity contribution in [3.8, 4) is 0 Å². The molecule has 0 aliphatic heterocycles. The third-order valence-corrected chi connectivity index (χ3v) is 2.01. The van der Waals surface area contributed by atoms with Crippen LogP contribution in [0, 0.1) is 0 Å². The first kappa shape index (κ1) is 11.6. The zero-order valence-corrected chi connectivity index (χ0v) is 9.29. The smallest absolute Gasteiger partial charge is 0.316 e. The topological polar surface area (TPSA) is 82.8 Å². The summed E-state index contributed by atoms with van der Waals surface area (Å²) in [5.41, 5.74) is 5.61. The molecule has 0 atom stereocenters. The van der Waals surface area contributed by atoms with Crippen molar-refractivity contribution in [3.63, 3.8) is 0 Å². The number of guanidine groups is 1. The second-order valence-electron chi connectivity index (χ2n) is 3.81. The molecular formula is C9H19N5O. The number of nitrogens with one attached hydrogen (secondary N) is 2. The zero-order valence-electron chi connectivity index (χ0n) is 9.29. The number of urea groups is 1. The Balaban J connectivity index is 2.06. The molecule has 0 radical (unpaired) electrons. The molecule has 15 heavy (non-hydrogen) atoms. The van der Waals surface area contributed by atoms with E-state index >= 15 is 0 Å². The van der Waals surface area contributed by atoms with Crippen molar-refractivity contribution >= 4 is 12.0 Å². The lowest BCUT2D eigenvalue weighted by atomic mass is 10.6. The molecule has 1 aliphatic carbocycles. The second kappa shape index (κ2) is 5.43. The van der Waals surface area contributed by atoms with Gasteiger partial charge in [-0.1, -0.05) is 0 Å². The normalized spacial score (nSPS) is 16.0. The van der Waals surface area contributed by atoms with Gasteiger partial charge in [0, 0.05) is 26.7 Å². The third kappa shape index (κ3) is 5.09. The fourth-order valence-electron chi connectivity index (χ4n) is 0.980. The van der Waals surface area contributed by atoms with E-state index in [0.29, 0.717) is 25.1 Å². The van der Waals surface area contributed by atoms with Gasteiger partial charge in [-0.05, 0) is 12.8 Å². The third-order valence-electron chi connectivity index (χ3n) is 2.01. The lowest BCUT2D eigenvalue weighted by Gasteiger charge is -2.10. The maximum absolute atomic E-state index is 11.1. The molecule has 1 rings (SSSR count). The van der Waals surface area contributed by atoms with Gasteiger partial charge in [0.2, 0.25) is 0 Å². The summed E-state index contributed by atoms with van der Waals surface area (Å²) in [6.45, 7) is 1.01. The van der Waals surface area contributed by atoms with Gasteiger partial charge >= 0.3 is 6.03 Å². The molecule has 4 N–H and O–H groups in total. The van der Waals surface area contributed by atoms with E-state index in [0.717, 1.165) is 0 Å². The van der Waals surface area contributed by atoms with Crippen LogP contribution >= 0.6 is 0 Å². The summed E-state index contributed by atoms with van der Waals surface area (Å²) < 4.78 is 0. The lowest BCUT2D eigenvalue weighted by molar-refractivity contribution is 0.218. The van der Waals surface area contributed by atoms with Crippen molar-refractivity contribution in [1.29, 1.82) is 0 Å². The summed E-state index contributed by atoms with van der Waals surface area (Å²) in [6, 6.07) is 0.407. The van der Waals surface area contributed by atoms with Crippen molar-refractivity contribution in [1.82, 2.24) is 15.5 Å². The van der Waals surface area contributed by atoms with E-state index in [2.05, 4.69) is 15.6 Å². The molecule has 0 heterocycles. The molecule has 0 saturated heterocycles. The summed E-state index contributed by atoms with van der Waals surface area (Å²) >= 11 is 0. The van der Waals surface area contributed by atoms with E-state index < -0.39 is 0 Å². The van der Waals surface area contributed by atoms with Crippen molar-refractivity contribution in [3.05, 3.63) is 0 Å². The van der Waals surface area contributed by atoms with Crippen molar-refractivity contribution in [2.75, 3.05) is 27.2 Å². The quantitative estimate of drug-likeness (QED) is 0.329. The Hall–Kier alpha value is -1.46. The van der Waals surface area contributed by atoms with E-state index in [4.69, 9.17) is 5.73 Å². The van der Waals surface area contributed by atoms with Gasteiger partial charge in [0.25, 0.3) is 0 Å². The molecule has 0 aromatic heterocycles. The molecular weight excluding hydrogens is 194 g/mol. The van der Waals surface area contributed by atoms with E-state index in [-0.39, 0.29) is 6.03 Å². The predicted molar refractivity (Wildman–Crippen MR) is 59.7 cm³/mol. The minimum atomic E-state index is -0.112. The number of nitrogens with two attached hydrogens (primary N) is 1. The molecule has 1 fully saturated rings. The van der Waals surface area contributed by atoms with Crippen LogP contribution in [0.4, 0.5) is 4.79 Å². The van der Waals surface area contributed by atoms with Gasteiger partial charge in [0.1, 0.15) is 0 Å². The SMILES string of the molecule is CN(C)C(=O)NCCN=C(N)NC1CC1. The molecule has 0 bridgehead atoms. The van der Waals surface area contributed by atoms with E-state index in [1.54, 1.807) is 14.1 Å². The maximum atomic E-state index is 11.1. The molecule has 6 nitrogen and oxygen atoms in total. The fourth-order valence-corrected chi connectivity index (χ4v) is 0.980. The van der Waals surface area contributed by atoms with Crippen LogP contribution in [-0.4, -0.2) is 50.1 Å². The molecule has 1 aliphatic rings. The van der Waals surface area contributed by atoms with Gasteiger partial charge < -0.3 is 21.3 Å². The number of rotatable bonds is 4. The van der Waals surface area contributed by atoms with Gasteiger partial charge in [-0.15, -0.1) is 0 Å². The highest BCUT2D eigenvalue weighted by molar-refractivity contribution is 5.78. The number of carbonyl (C=O) groups excluding carboxylic acids is 1. The molecule has 1 saturated carbocycles. The average Bonchev–Trinajstić information content (AvgIpc) is 2.95. The minimum absolute atomic E-state index is 0.112. The van der Waals surface area contributed by atoms with Crippen molar-refractivity contribution in [2.24, 2.45) is 10.7 Å². The first-order valence-electron chi connectivity index (χ1n) is 5.11. The van der Waals surface area contributed by atoms with Gasteiger partial charge in [0.15, 0.2) is 5.96 Å². The van der Waals surface area contributed by atoms with Gasteiger partial charge in [0.05, 0.1) is 6.54 Å². The zero-order chi connectivity index (χ0) is 11.3. The molecule has 0 unspecified atom stereocenters. The monoisotopic (exact) mass is 213 g/mol. The molecule has 2 amide bonds. The molecule has 0 aromatic carbocycles. The van der Waals surface area contributed by atoms with E-state index in [1.807, 2.05) is 0 Å².